The predicted octanol–water partition coefficient (Wildman–Crippen LogP) is 7.24. The van der Waals surface area contributed by atoms with Crippen molar-refractivity contribution in [1.82, 2.24) is 0 Å². The third kappa shape index (κ3) is 3.21. The van der Waals surface area contributed by atoms with Crippen LogP contribution in [0.3, 0.4) is 0 Å². The predicted molar refractivity (Wildman–Crippen MR) is 103 cm³/mol. The summed E-state index contributed by atoms with van der Waals surface area (Å²) < 4.78 is 0.291. The van der Waals surface area contributed by atoms with Crippen molar-refractivity contribution in [2.75, 3.05) is 0 Å². The van der Waals surface area contributed by atoms with E-state index in [0.717, 1.165) is 6.42 Å². The number of aryl methyl sites for hydroxylation is 2. The van der Waals surface area contributed by atoms with E-state index in [1.165, 1.54) is 39.0 Å². The summed E-state index contributed by atoms with van der Waals surface area (Å²) >= 11 is -2.44. The number of benzene rings is 2. The van der Waals surface area contributed by atoms with Crippen LogP contribution in [0.1, 0.15) is 46.7 Å². The molecule has 1 unspecified atom stereocenters. The first-order valence-corrected chi connectivity index (χ1v) is 16.3. The Kier molecular flexibility index (Phi) is 5.75. The third-order valence-corrected chi connectivity index (χ3v) is 10.2. The van der Waals surface area contributed by atoms with Gasteiger partial charge in [-0.25, -0.2) is 0 Å². The molecule has 125 valence electrons. The zero-order chi connectivity index (χ0) is 17.4. The van der Waals surface area contributed by atoms with Crippen molar-refractivity contribution < 1.29 is 19.4 Å². The van der Waals surface area contributed by atoms with E-state index in [1.54, 1.807) is 0 Å². The fourth-order valence-electron chi connectivity index (χ4n) is 3.73. The van der Waals surface area contributed by atoms with Gasteiger partial charge in [0.1, 0.15) is 0 Å². The molecule has 3 rings (SSSR count). The molecule has 0 fully saturated rings. The molecular weight excluding hydrogens is 414 g/mol. The molecule has 0 amide bonds. The average Bonchev–Trinajstić information content (AvgIpc) is 2.94. The minimum absolute atomic E-state index is 0.291. The molecule has 2 aromatic rings. The molecule has 0 aliphatic heterocycles. The summed E-state index contributed by atoms with van der Waals surface area (Å²) in [6, 6.07) is 13.2. The standard InChI is InChI=1S/C21H23.2ClH.Zr/c1-5-16-10-11-17-12-18(14(2)3)13-20(17)21(16)19-9-7-6-8-15(19)4;;;/h6-14H,5H2,1-4H3;2*1H;/q;;;+2/p-2. The molecule has 1 aliphatic rings. The van der Waals surface area contributed by atoms with Crippen molar-refractivity contribution in [3.8, 4) is 11.1 Å². The molecule has 0 radical (unpaired) electrons. The zero-order valence-corrected chi connectivity index (χ0v) is 18.6. The Labute approximate surface area is 160 Å². The van der Waals surface area contributed by atoms with Crippen LogP contribution < -0.4 is 0 Å². The Morgan fingerprint density at radius 1 is 1.08 bits per heavy atom. The molecule has 0 bridgehead atoms. The molecule has 2 aromatic carbocycles. The van der Waals surface area contributed by atoms with Gasteiger partial charge >= 0.3 is 161 Å². The summed E-state index contributed by atoms with van der Waals surface area (Å²) in [7, 11) is 13.2. The van der Waals surface area contributed by atoms with Crippen molar-refractivity contribution in [2.24, 2.45) is 5.92 Å². The normalized spacial score (nSPS) is 16.3. The Bertz CT molecular complexity index is 790. The number of allylic oxidation sites excluding steroid dienone is 1. The Hall–Kier alpha value is -0.357. The molecule has 0 saturated carbocycles. The SMILES string of the molecule is CCc1ccc2c(c1-c1ccccc1C)C=C(C(C)C)[CH]2[Zr]([Cl])[Cl]. The van der Waals surface area contributed by atoms with E-state index in [9.17, 15) is 0 Å². The molecule has 0 nitrogen and oxygen atoms in total. The summed E-state index contributed by atoms with van der Waals surface area (Å²) in [5.74, 6) is 0.477. The number of rotatable bonds is 4. The van der Waals surface area contributed by atoms with Crippen LogP contribution in [0.15, 0.2) is 42.0 Å². The van der Waals surface area contributed by atoms with Crippen molar-refractivity contribution in [1.29, 1.82) is 0 Å². The van der Waals surface area contributed by atoms with Gasteiger partial charge in [-0.1, -0.05) is 0 Å². The van der Waals surface area contributed by atoms with Crippen LogP contribution in [-0.2, 0) is 25.8 Å². The van der Waals surface area contributed by atoms with Crippen LogP contribution in [0.4, 0.5) is 0 Å². The molecule has 0 aromatic heterocycles. The van der Waals surface area contributed by atoms with Gasteiger partial charge in [0.25, 0.3) is 0 Å². The van der Waals surface area contributed by atoms with Gasteiger partial charge in [0.2, 0.25) is 0 Å². The van der Waals surface area contributed by atoms with Gasteiger partial charge in [0.15, 0.2) is 0 Å². The second-order valence-electron chi connectivity index (χ2n) is 6.79. The maximum absolute atomic E-state index is 6.58. The van der Waals surface area contributed by atoms with Crippen molar-refractivity contribution >= 4 is 23.1 Å². The van der Waals surface area contributed by atoms with Crippen LogP contribution in [0, 0.1) is 12.8 Å². The Balaban J connectivity index is 2.31. The second-order valence-corrected chi connectivity index (χ2v) is 15.6. The first-order valence-electron chi connectivity index (χ1n) is 8.56. The summed E-state index contributed by atoms with van der Waals surface area (Å²) in [5.41, 5.74) is 9.57. The molecule has 0 saturated heterocycles. The Morgan fingerprint density at radius 2 is 1.79 bits per heavy atom. The van der Waals surface area contributed by atoms with E-state index in [4.69, 9.17) is 17.0 Å². The van der Waals surface area contributed by atoms with Gasteiger partial charge in [-0.3, -0.25) is 0 Å². The van der Waals surface area contributed by atoms with Gasteiger partial charge in [0.05, 0.1) is 0 Å². The van der Waals surface area contributed by atoms with Crippen LogP contribution >= 0.6 is 17.0 Å². The van der Waals surface area contributed by atoms with E-state index in [2.05, 4.69) is 70.2 Å². The van der Waals surface area contributed by atoms with Gasteiger partial charge in [-0.2, -0.15) is 0 Å². The van der Waals surface area contributed by atoms with Gasteiger partial charge in [-0.15, -0.1) is 0 Å². The molecule has 0 heterocycles. The first-order chi connectivity index (χ1) is 11.5. The minimum atomic E-state index is -2.44. The molecule has 0 N–H and O–H groups in total. The quantitative estimate of drug-likeness (QED) is 0.473. The third-order valence-electron chi connectivity index (χ3n) is 5.00. The molecule has 1 aliphatic carbocycles. The van der Waals surface area contributed by atoms with E-state index in [-0.39, 0.29) is 0 Å². The van der Waals surface area contributed by atoms with Crippen LogP contribution in [-0.4, -0.2) is 0 Å². The van der Waals surface area contributed by atoms with E-state index in [0.29, 0.717) is 9.54 Å². The van der Waals surface area contributed by atoms with Crippen LogP contribution in [0.2, 0.25) is 0 Å². The van der Waals surface area contributed by atoms with Crippen LogP contribution in [0.25, 0.3) is 17.2 Å². The van der Waals surface area contributed by atoms with Gasteiger partial charge < -0.3 is 0 Å². The van der Waals surface area contributed by atoms with Crippen LogP contribution in [0.5, 0.6) is 0 Å². The van der Waals surface area contributed by atoms with E-state index < -0.39 is 19.4 Å². The molecule has 1 atom stereocenters. The van der Waals surface area contributed by atoms with E-state index >= 15 is 0 Å². The number of hydrogen-bond acceptors (Lipinski definition) is 0. The summed E-state index contributed by atoms with van der Waals surface area (Å²) in [5, 5.41) is 0. The number of hydrogen-bond donors (Lipinski definition) is 0. The van der Waals surface area contributed by atoms with E-state index in [1.807, 2.05) is 0 Å². The van der Waals surface area contributed by atoms with Crippen molar-refractivity contribution in [3.63, 3.8) is 0 Å². The maximum atomic E-state index is 6.58. The molecule has 24 heavy (non-hydrogen) atoms. The zero-order valence-electron chi connectivity index (χ0n) is 14.7. The van der Waals surface area contributed by atoms with Gasteiger partial charge in [-0.05, 0) is 0 Å². The van der Waals surface area contributed by atoms with Crippen molar-refractivity contribution in [2.45, 2.75) is 37.7 Å². The summed E-state index contributed by atoms with van der Waals surface area (Å²) in [4.78, 5) is 0. The van der Waals surface area contributed by atoms with Gasteiger partial charge in [0, 0.05) is 0 Å². The topological polar surface area (TPSA) is 0 Å². The monoisotopic (exact) mass is 435 g/mol. The van der Waals surface area contributed by atoms with Crippen molar-refractivity contribution in [3.05, 3.63) is 64.2 Å². The molecule has 3 heteroatoms. The summed E-state index contributed by atoms with van der Waals surface area (Å²) in [6.45, 7) is 8.92. The average molecular weight is 438 g/mol. The molecule has 0 spiro atoms. The first kappa shape index (κ1) is 18.4. The fourth-order valence-corrected chi connectivity index (χ4v) is 9.45. The number of halogens is 2. The Morgan fingerprint density at radius 3 is 2.38 bits per heavy atom. The number of fused-ring (bicyclic) bond motifs is 1. The summed E-state index contributed by atoms with van der Waals surface area (Å²) in [6.07, 6.45) is 3.41. The fraction of sp³-hybridized carbons (Fsp3) is 0.333. The molecular formula is C21H23Cl2Zr. The second kappa shape index (κ2) is 7.49.